The molecule has 1 heterocycles. The molecule has 2 fully saturated rings. The van der Waals surface area contributed by atoms with Crippen LogP contribution in [0.2, 0.25) is 0 Å². The molecule has 11 heavy (non-hydrogen) atoms. The number of hydrogen-bond acceptors (Lipinski definition) is 2. The third-order valence-electron chi connectivity index (χ3n) is 3.05. The van der Waals surface area contributed by atoms with Crippen molar-refractivity contribution in [2.75, 3.05) is 0 Å². The van der Waals surface area contributed by atoms with Crippen LogP contribution in [0.15, 0.2) is 0 Å². The van der Waals surface area contributed by atoms with Gasteiger partial charge in [-0.15, -0.1) is 0 Å². The first kappa shape index (κ1) is 7.14. The Balaban J connectivity index is 2.08. The molecule has 1 saturated heterocycles. The van der Waals surface area contributed by atoms with Crippen molar-refractivity contribution in [1.82, 2.24) is 0 Å². The van der Waals surface area contributed by atoms with Crippen molar-refractivity contribution in [3.05, 3.63) is 0 Å². The molecular formula is C9H14O2. The van der Waals surface area contributed by atoms with Crippen molar-refractivity contribution >= 4 is 5.97 Å². The first-order valence-corrected chi connectivity index (χ1v) is 4.51. The maximum atomic E-state index is 11.1. The molecule has 2 heteroatoms. The summed E-state index contributed by atoms with van der Waals surface area (Å²) in [6, 6.07) is 0. The monoisotopic (exact) mass is 154 g/mol. The van der Waals surface area contributed by atoms with Crippen molar-refractivity contribution in [2.45, 2.75) is 38.7 Å². The van der Waals surface area contributed by atoms with Crippen LogP contribution < -0.4 is 0 Å². The summed E-state index contributed by atoms with van der Waals surface area (Å²) >= 11 is 0. The Bertz CT molecular complexity index is 176. The van der Waals surface area contributed by atoms with E-state index in [0.29, 0.717) is 5.92 Å². The summed E-state index contributed by atoms with van der Waals surface area (Å²) < 4.78 is 5.25. The number of fused-ring (bicyclic) bond motifs is 2. The Kier molecular flexibility index (Phi) is 1.63. The second-order valence-electron chi connectivity index (χ2n) is 3.65. The molecule has 2 rings (SSSR count). The zero-order valence-electron chi connectivity index (χ0n) is 6.88. The predicted molar refractivity (Wildman–Crippen MR) is 41.0 cm³/mol. The largest absolute Gasteiger partial charge is 0.462 e. The van der Waals surface area contributed by atoms with E-state index < -0.39 is 0 Å². The number of esters is 1. The van der Waals surface area contributed by atoms with Crippen LogP contribution in [0.3, 0.4) is 0 Å². The summed E-state index contributed by atoms with van der Waals surface area (Å²) in [5.74, 6) is 0.964. The van der Waals surface area contributed by atoms with Crippen molar-refractivity contribution in [3.8, 4) is 0 Å². The van der Waals surface area contributed by atoms with Crippen molar-refractivity contribution in [2.24, 2.45) is 11.8 Å². The molecule has 0 aromatic heterocycles. The van der Waals surface area contributed by atoms with Crippen LogP contribution in [0.1, 0.15) is 32.6 Å². The molecule has 0 radical (unpaired) electrons. The minimum absolute atomic E-state index is 0.0611. The van der Waals surface area contributed by atoms with Gasteiger partial charge in [-0.2, -0.15) is 0 Å². The van der Waals surface area contributed by atoms with Gasteiger partial charge in [0.2, 0.25) is 0 Å². The molecular weight excluding hydrogens is 140 g/mol. The molecule has 0 aromatic rings. The van der Waals surface area contributed by atoms with E-state index in [0.717, 1.165) is 19.3 Å². The highest BCUT2D eigenvalue weighted by Gasteiger charge is 2.42. The molecule has 0 N–H and O–H groups in total. The minimum Gasteiger partial charge on any atom is -0.462 e. The van der Waals surface area contributed by atoms with Crippen LogP contribution in [0, 0.1) is 11.8 Å². The average Bonchev–Trinajstić information content (AvgIpc) is 2.30. The maximum Gasteiger partial charge on any atom is 0.309 e. The second kappa shape index (κ2) is 2.50. The van der Waals surface area contributed by atoms with Crippen LogP contribution in [-0.4, -0.2) is 12.1 Å². The van der Waals surface area contributed by atoms with Gasteiger partial charge in [-0.05, 0) is 31.6 Å². The second-order valence-corrected chi connectivity index (χ2v) is 3.65. The molecule has 3 unspecified atom stereocenters. The van der Waals surface area contributed by atoms with Crippen LogP contribution in [0.4, 0.5) is 0 Å². The number of ether oxygens (including phenoxy) is 1. The van der Waals surface area contributed by atoms with Crippen LogP contribution in [0.5, 0.6) is 0 Å². The minimum atomic E-state index is 0.0611. The normalized spacial score (nSPS) is 42.3. The molecule has 3 atom stereocenters. The maximum absolute atomic E-state index is 11.1. The van der Waals surface area contributed by atoms with Gasteiger partial charge in [0.05, 0.1) is 5.92 Å². The molecule has 2 aliphatic rings. The van der Waals surface area contributed by atoms with E-state index in [1.165, 1.54) is 6.42 Å². The highest BCUT2D eigenvalue weighted by molar-refractivity contribution is 5.75. The van der Waals surface area contributed by atoms with Crippen molar-refractivity contribution in [3.63, 3.8) is 0 Å². The third kappa shape index (κ3) is 1.05. The van der Waals surface area contributed by atoms with Gasteiger partial charge in [-0.25, -0.2) is 0 Å². The fourth-order valence-corrected chi connectivity index (χ4v) is 2.26. The number of carbonyl (C=O) groups excluding carboxylic acids is 1. The van der Waals surface area contributed by atoms with E-state index >= 15 is 0 Å². The number of rotatable bonds is 1. The Hall–Kier alpha value is -0.530. The highest BCUT2D eigenvalue weighted by Crippen LogP contribution is 2.39. The molecule has 62 valence electrons. The van der Waals surface area contributed by atoms with Crippen LogP contribution >= 0.6 is 0 Å². The summed E-state index contributed by atoms with van der Waals surface area (Å²) in [5.41, 5.74) is 0. The molecule has 1 aliphatic heterocycles. The van der Waals surface area contributed by atoms with Crippen LogP contribution in [-0.2, 0) is 9.53 Å². The van der Waals surface area contributed by atoms with Gasteiger partial charge in [-0.1, -0.05) is 6.92 Å². The lowest BCUT2D eigenvalue weighted by atomic mass is 9.81. The van der Waals surface area contributed by atoms with Gasteiger partial charge in [0.1, 0.15) is 6.10 Å². The van der Waals surface area contributed by atoms with Gasteiger partial charge in [-0.3, -0.25) is 4.79 Å². The fraction of sp³-hybridized carbons (Fsp3) is 0.889. The topological polar surface area (TPSA) is 26.3 Å². The van der Waals surface area contributed by atoms with E-state index in [-0.39, 0.29) is 18.0 Å². The van der Waals surface area contributed by atoms with Gasteiger partial charge in [0.25, 0.3) is 0 Å². The van der Waals surface area contributed by atoms with Crippen LogP contribution in [0.25, 0.3) is 0 Å². The molecule has 2 nitrogen and oxygen atoms in total. The van der Waals surface area contributed by atoms with Gasteiger partial charge >= 0.3 is 5.97 Å². The molecule has 0 aromatic carbocycles. The van der Waals surface area contributed by atoms with Gasteiger partial charge in [0, 0.05) is 0 Å². The molecule has 0 spiro atoms. The smallest absolute Gasteiger partial charge is 0.309 e. The van der Waals surface area contributed by atoms with Gasteiger partial charge < -0.3 is 4.74 Å². The third-order valence-corrected chi connectivity index (χ3v) is 3.05. The zero-order chi connectivity index (χ0) is 7.84. The summed E-state index contributed by atoms with van der Waals surface area (Å²) in [7, 11) is 0. The lowest BCUT2D eigenvalue weighted by Gasteiger charge is -2.23. The average molecular weight is 154 g/mol. The molecule has 2 bridgehead atoms. The van der Waals surface area contributed by atoms with Gasteiger partial charge in [0.15, 0.2) is 0 Å². The first-order chi connectivity index (χ1) is 5.31. The first-order valence-electron chi connectivity index (χ1n) is 4.51. The standard InChI is InChI=1S/C9H14O2/c1-2-6-3-4-7-5-8(6)11-9(7)10/h6-8H,2-5H2,1H3. The summed E-state index contributed by atoms with van der Waals surface area (Å²) in [6.45, 7) is 2.18. The van der Waals surface area contributed by atoms with Crippen molar-refractivity contribution in [1.29, 1.82) is 0 Å². The van der Waals surface area contributed by atoms with E-state index in [1.807, 2.05) is 0 Å². The summed E-state index contributed by atoms with van der Waals surface area (Å²) in [4.78, 5) is 11.1. The number of carbonyl (C=O) groups is 1. The van der Waals surface area contributed by atoms with Crippen molar-refractivity contribution < 1.29 is 9.53 Å². The molecule has 0 amide bonds. The Morgan fingerprint density at radius 3 is 3.09 bits per heavy atom. The predicted octanol–water partition coefficient (Wildman–Crippen LogP) is 1.74. The van der Waals surface area contributed by atoms with E-state index in [4.69, 9.17) is 4.74 Å². The number of hydrogen-bond donors (Lipinski definition) is 0. The Labute approximate surface area is 66.9 Å². The summed E-state index contributed by atoms with van der Waals surface area (Å²) in [5, 5.41) is 0. The fourth-order valence-electron chi connectivity index (χ4n) is 2.26. The Morgan fingerprint density at radius 2 is 2.36 bits per heavy atom. The van der Waals surface area contributed by atoms with E-state index in [1.54, 1.807) is 0 Å². The van der Waals surface area contributed by atoms with E-state index in [2.05, 4.69) is 6.92 Å². The Morgan fingerprint density at radius 1 is 1.55 bits per heavy atom. The lowest BCUT2D eigenvalue weighted by molar-refractivity contribution is -0.144. The molecule has 1 aliphatic carbocycles. The quantitative estimate of drug-likeness (QED) is 0.538. The van der Waals surface area contributed by atoms with E-state index in [9.17, 15) is 4.79 Å². The SMILES string of the molecule is CCC1CCC2CC1OC2=O. The molecule has 1 saturated carbocycles. The zero-order valence-corrected chi connectivity index (χ0v) is 6.88. The highest BCUT2D eigenvalue weighted by atomic mass is 16.6. The summed E-state index contributed by atoms with van der Waals surface area (Å²) in [6.07, 6.45) is 4.68. The lowest BCUT2D eigenvalue weighted by Crippen LogP contribution is -2.22.